The second-order valence-electron chi connectivity index (χ2n) is 7.13. The zero-order valence-corrected chi connectivity index (χ0v) is 16.4. The van der Waals surface area contributed by atoms with Crippen LogP contribution in [0, 0.1) is 13.8 Å². The number of rotatable bonds is 3. The SMILES string of the molecule is Cc1cc(-c2n[nH]c3cc4c(cc23)CN(Cc2cccs2)C(=O)N4)cc(C)n1. The number of benzene rings is 1. The minimum absolute atomic E-state index is 0.0691. The van der Waals surface area contributed by atoms with Crippen LogP contribution in [0.3, 0.4) is 0 Å². The molecule has 7 heteroatoms. The highest BCUT2D eigenvalue weighted by atomic mass is 32.1. The van der Waals surface area contributed by atoms with E-state index in [1.165, 1.54) is 4.88 Å². The predicted molar refractivity (Wildman–Crippen MR) is 111 cm³/mol. The van der Waals surface area contributed by atoms with E-state index in [9.17, 15) is 4.79 Å². The fourth-order valence-electron chi connectivity index (χ4n) is 3.74. The topological polar surface area (TPSA) is 73.9 Å². The van der Waals surface area contributed by atoms with Crippen molar-refractivity contribution in [2.75, 3.05) is 5.32 Å². The Morgan fingerprint density at radius 2 is 2.00 bits per heavy atom. The number of hydrogen-bond donors (Lipinski definition) is 2. The van der Waals surface area contributed by atoms with Gasteiger partial charge in [0.1, 0.15) is 5.69 Å². The van der Waals surface area contributed by atoms with E-state index in [0.717, 1.165) is 44.8 Å². The molecule has 5 rings (SSSR count). The lowest BCUT2D eigenvalue weighted by Gasteiger charge is -2.29. The van der Waals surface area contributed by atoms with Crippen LogP contribution in [0.1, 0.15) is 21.8 Å². The zero-order chi connectivity index (χ0) is 19.3. The van der Waals surface area contributed by atoms with Gasteiger partial charge in [-0.05, 0) is 55.1 Å². The molecule has 0 radical (unpaired) electrons. The van der Waals surface area contributed by atoms with E-state index in [2.05, 4.69) is 32.6 Å². The van der Waals surface area contributed by atoms with Gasteiger partial charge in [0.15, 0.2) is 0 Å². The van der Waals surface area contributed by atoms with E-state index < -0.39 is 0 Å². The normalized spacial score (nSPS) is 13.6. The number of thiophene rings is 1. The highest BCUT2D eigenvalue weighted by molar-refractivity contribution is 7.09. The molecule has 140 valence electrons. The molecule has 1 aromatic carbocycles. The number of carbonyl (C=O) groups excluding carboxylic acids is 1. The van der Waals surface area contributed by atoms with E-state index in [-0.39, 0.29) is 6.03 Å². The molecule has 4 aromatic rings. The summed E-state index contributed by atoms with van der Waals surface area (Å²) in [6, 6.07) is 12.2. The number of aryl methyl sites for hydroxylation is 2. The molecule has 0 spiro atoms. The fourth-order valence-corrected chi connectivity index (χ4v) is 4.46. The molecule has 0 aliphatic carbocycles. The average Bonchev–Trinajstić information content (AvgIpc) is 3.29. The number of nitrogens with zero attached hydrogens (tertiary/aromatic N) is 3. The molecule has 0 unspecified atom stereocenters. The van der Waals surface area contributed by atoms with Crippen molar-refractivity contribution in [1.29, 1.82) is 0 Å². The maximum atomic E-state index is 12.5. The van der Waals surface area contributed by atoms with Crippen molar-refractivity contribution < 1.29 is 4.79 Å². The van der Waals surface area contributed by atoms with Crippen LogP contribution in [-0.2, 0) is 13.1 Å². The van der Waals surface area contributed by atoms with Crippen LogP contribution in [0.2, 0.25) is 0 Å². The number of pyridine rings is 1. The lowest BCUT2D eigenvalue weighted by atomic mass is 10.0. The molecule has 1 aliphatic rings. The lowest BCUT2D eigenvalue weighted by molar-refractivity contribution is 0.204. The van der Waals surface area contributed by atoms with Gasteiger partial charge >= 0.3 is 6.03 Å². The third-order valence-electron chi connectivity index (χ3n) is 4.96. The lowest BCUT2D eigenvalue weighted by Crippen LogP contribution is -2.37. The summed E-state index contributed by atoms with van der Waals surface area (Å²) >= 11 is 1.66. The maximum Gasteiger partial charge on any atom is 0.322 e. The zero-order valence-electron chi connectivity index (χ0n) is 15.6. The predicted octanol–water partition coefficient (Wildman–Crippen LogP) is 4.85. The van der Waals surface area contributed by atoms with Crippen LogP contribution in [-0.4, -0.2) is 26.1 Å². The molecule has 4 heterocycles. The molecule has 0 atom stereocenters. The second-order valence-corrected chi connectivity index (χ2v) is 8.16. The van der Waals surface area contributed by atoms with E-state index >= 15 is 0 Å². The first-order valence-electron chi connectivity index (χ1n) is 9.12. The van der Waals surface area contributed by atoms with Crippen molar-refractivity contribution in [2.24, 2.45) is 0 Å². The molecule has 2 N–H and O–H groups in total. The van der Waals surface area contributed by atoms with Gasteiger partial charge in [-0.3, -0.25) is 10.1 Å². The highest BCUT2D eigenvalue weighted by Crippen LogP contribution is 2.34. The number of urea groups is 1. The smallest absolute Gasteiger partial charge is 0.315 e. The number of anilines is 1. The summed E-state index contributed by atoms with van der Waals surface area (Å²) in [4.78, 5) is 20.0. The van der Waals surface area contributed by atoms with Crippen molar-refractivity contribution >= 4 is 34.0 Å². The van der Waals surface area contributed by atoms with E-state index in [1.807, 2.05) is 48.4 Å². The summed E-state index contributed by atoms with van der Waals surface area (Å²) in [6.45, 7) is 5.17. The Labute approximate surface area is 166 Å². The first-order valence-corrected chi connectivity index (χ1v) is 10.00. The molecular formula is C21H19N5OS. The number of fused-ring (bicyclic) bond motifs is 2. The van der Waals surface area contributed by atoms with Crippen molar-refractivity contribution in [3.63, 3.8) is 0 Å². The van der Waals surface area contributed by atoms with Gasteiger partial charge in [-0.1, -0.05) is 6.07 Å². The van der Waals surface area contributed by atoms with Gasteiger partial charge in [0.25, 0.3) is 0 Å². The summed E-state index contributed by atoms with van der Waals surface area (Å²) in [5, 5.41) is 13.7. The van der Waals surface area contributed by atoms with Crippen molar-refractivity contribution in [3.05, 3.63) is 63.6 Å². The molecule has 28 heavy (non-hydrogen) atoms. The first-order chi connectivity index (χ1) is 13.6. The fraction of sp³-hybridized carbons (Fsp3) is 0.190. The molecule has 1 aliphatic heterocycles. The molecular weight excluding hydrogens is 370 g/mol. The maximum absolute atomic E-state index is 12.5. The Balaban J connectivity index is 1.55. The highest BCUT2D eigenvalue weighted by Gasteiger charge is 2.24. The van der Waals surface area contributed by atoms with E-state index in [0.29, 0.717) is 13.1 Å². The number of amides is 2. The minimum atomic E-state index is -0.0691. The van der Waals surface area contributed by atoms with Gasteiger partial charge in [-0.2, -0.15) is 5.10 Å². The van der Waals surface area contributed by atoms with Gasteiger partial charge in [0, 0.05) is 39.4 Å². The number of carbonyl (C=O) groups is 1. The molecule has 2 amide bonds. The molecule has 0 fully saturated rings. The Hall–Kier alpha value is -3.19. The van der Waals surface area contributed by atoms with Crippen molar-refractivity contribution in [1.82, 2.24) is 20.1 Å². The number of aromatic amines is 1. The average molecular weight is 389 g/mol. The summed E-state index contributed by atoms with van der Waals surface area (Å²) in [6.07, 6.45) is 0. The molecule has 3 aromatic heterocycles. The van der Waals surface area contributed by atoms with Gasteiger partial charge in [-0.15, -0.1) is 11.3 Å². The third-order valence-corrected chi connectivity index (χ3v) is 5.82. The van der Waals surface area contributed by atoms with Gasteiger partial charge < -0.3 is 10.2 Å². The van der Waals surface area contributed by atoms with Gasteiger partial charge in [0.2, 0.25) is 0 Å². The minimum Gasteiger partial charge on any atom is -0.315 e. The summed E-state index contributed by atoms with van der Waals surface area (Å²) in [5.41, 5.74) is 6.75. The van der Waals surface area contributed by atoms with E-state index in [1.54, 1.807) is 11.3 Å². The molecule has 0 saturated heterocycles. The largest absolute Gasteiger partial charge is 0.322 e. The second kappa shape index (κ2) is 6.45. The quantitative estimate of drug-likeness (QED) is 0.526. The van der Waals surface area contributed by atoms with Crippen LogP contribution in [0.5, 0.6) is 0 Å². The van der Waals surface area contributed by atoms with Crippen molar-refractivity contribution in [3.8, 4) is 11.3 Å². The molecule has 0 bridgehead atoms. The van der Waals surface area contributed by atoms with Crippen LogP contribution < -0.4 is 5.32 Å². The Morgan fingerprint density at radius 1 is 1.18 bits per heavy atom. The standard InChI is InChI=1S/C21H19N5OS/c1-12-6-14(7-13(2)22-12)20-17-8-15-10-26(11-16-4-3-5-28-16)21(27)23-18(15)9-19(17)24-25-20/h3-9H,10-11H2,1-2H3,(H,23,27)(H,24,25). The summed E-state index contributed by atoms with van der Waals surface area (Å²) in [7, 11) is 0. The third kappa shape index (κ3) is 2.93. The van der Waals surface area contributed by atoms with Crippen LogP contribution in [0.4, 0.5) is 10.5 Å². The monoisotopic (exact) mass is 389 g/mol. The Kier molecular flexibility index (Phi) is 3.91. The summed E-state index contributed by atoms with van der Waals surface area (Å²) < 4.78 is 0. The van der Waals surface area contributed by atoms with Crippen molar-refractivity contribution in [2.45, 2.75) is 26.9 Å². The number of hydrogen-bond acceptors (Lipinski definition) is 4. The number of aromatic nitrogens is 3. The number of nitrogens with one attached hydrogen (secondary N) is 2. The van der Waals surface area contributed by atoms with Crippen LogP contribution >= 0.6 is 11.3 Å². The number of H-pyrrole nitrogens is 1. The molecule has 6 nitrogen and oxygen atoms in total. The van der Waals surface area contributed by atoms with E-state index in [4.69, 9.17) is 0 Å². The van der Waals surface area contributed by atoms with Gasteiger partial charge in [-0.25, -0.2) is 4.79 Å². The summed E-state index contributed by atoms with van der Waals surface area (Å²) in [5.74, 6) is 0. The van der Waals surface area contributed by atoms with Crippen LogP contribution in [0.15, 0.2) is 41.8 Å². The molecule has 0 saturated carbocycles. The Bertz CT molecular complexity index is 1170. The first kappa shape index (κ1) is 16.9. The Morgan fingerprint density at radius 3 is 2.75 bits per heavy atom. The van der Waals surface area contributed by atoms with Crippen LogP contribution in [0.25, 0.3) is 22.2 Å². The van der Waals surface area contributed by atoms with Gasteiger partial charge in [0.05, 0.1) is 12.1 Å².